The molecule has 17 heavy (non-hydrogen) atoms. The number of hydrogen-bond donors (Lipinski definition) is 3. The Kier molecular flexibility index (Phi) is 5.45. The van der Waals surface area contributed by atoms with Crippen LogP contribution in [0.5, 0.6) is 0 Å². The van der Waals surface area contributed by atoms with Crippen LogP contribution in [-0.4, -0.2) is 23.5 Å². The third-order valence-corrected chi connectivity index (χ3v) is 3.57. The fourth-order valence-electron chi connectivity index (χ4n) is 1.21. The number of oxime groups is 1. The van der Waals surface area contributed by atoms with Gasteiger partial charge in [-0.2, -0.15) is 0 Å². The maximum atomic E-state index is 12.1. The summed E-state index contributed by atoms with van der Waals surface area (Å²) in [5.74, 6) is -0.247. The van der Waals surface area contributed by atoms with Gasteiger partial charge in [-0.15, -0.1) is 0 Å². The molecule has 100 valence electrons. The van der Waals surface area contributed by atoms with Crippen LogP contribution < -0.4 is 11.1 Å². The van der Waals surface area contributed by atoms with Gasteiger partial charge in [0.25, 0.3) is 0 Å². The van der Waals surface area contributed by atoms with E-state index in [9.17, 15) is 4.79 Å². The fourth-order valence-corrected chi connectivity index (χ4v) is 1.21. The highest BCUT2D eigenvalue weighted by Crippen LogP contribution is 2.23. The molecule has 0 radical (unpaired) electrons. The van der Waals surface area contributed by atoms with Crippen molar-refractivity contribution in [3.63, 3.8) is 0 Å². The van der Waals surface area contributed by atoms with Crippen LogP contribution in [-0.2, 0) is 4.79 Å². The lowest BCUT2D eigenvalue weighted by Crippen LogP contribution is -2.49. The van der Waals surface area contributed by atoms with Crippen LogP contribution in [0.3, 0.4) is 0 Å². The first-order valence-corrected chi connectivity index (χ1v) is 5.99. The Morgan fingerprint density at radius 2 is 1.82 bits per heavy atom. The molecule has 0 aromatic carbocycles. The summed E-state index contributed by atoms with van der Waals surface area (Å²) >= 11 is 0. The number of nitrogens with one attached hydrogen (secondary N) is 1. The Hall–Kier alpha value is -1.26. The molecule has 0 aromatic heterocycles. The van der Waals surface area contributed by atoms with E-state index in [1.54, 1.807) is 6.92 Å². The van der Waals surface area contributed by atoms with Crippen molar-refractivity contribution >= 4 is 11.7 Å². The Balaban J connectivity index is 4.69. The Bertz CT molecular complexity index is 300. The fraction of sp³-hybridized carbons (Fsp3) is 0.833. The zero-order chi connectivity index (χ0) is 13.7. The Morgan fingerprint density at radius 3 is 2.18 bits per heavy atom. The topological polar surface area (TPSA) is 87.7 Å². The largest absolute Gasteiger partial charge is 0.409 e. The molecular formula is C12H25N3O2. The molecule has 0 aliphatic rings. The van der Waals surface area contributed by atoms with Crippen molar-refractivity contribution in [2.75, 3.05) is 6.54 Å². The van der Waals surface area contributed by atoms with Gasteiger partial charge in [0.15, 0.2) is 5.84 Å². The summed E-state index contributed by atoms with van der Waals surface area (Å²) in [6.07, 6.45) is 1.46. The first kappa shape index (κ1) is 15.7. The molecule has 0 saturated carbocycles. The SMILES string of the molecule is CCC(C)(C)CNC(=O)C(C)(CC)C(N)=NO. The van der Waals surface area contributed by atoms with Gasteiger partial charge < -0.3 is 16.3 Å². The predicted molar refractivity (Wildman–Crippen MR) is 68.9 cm³/mol. The molecule has 1 atom stereocenters. The van der Waals surface area contributed by atoms with Gasteiger partial charge in [-0.25, -0.2) is 0 Å². The van der Waals surface area contributed by atoms with E-state index in [0.29, 0.717) is 13.0 Å². The molecule has 0 rings (SSSR count). The van der Waals surface area contributed by atoms with Gasteiger partial charge >= 0.3 is 0 Å². The van der Waals surface area contributed by atoms with E-state index < -0.39 is 5.41 Å². The van der Waals surface area contributed by atoms with E-state index in [4.69, 9.17) is 10.9 Å². The van der Waals surface area contributed by atoms with Crippen molar-refractivity contribution in [3.05, 3.63) is 0 Å². The summed E-state index contributed by atoms with van der Waals surface area (Å²) in [4.78, 5) is 12.1. The van der Waals surface area contributed by atoms with Gasteiger partial charge in [0.05, 0.1) is 0 Å². The minimum Gasteiger partial charge on any atom is -0.409 e. The molecule has 0 aliphatic heterocycles. The molecule has 0 saturated heterocycles. The lowest BCUT2D eigenvalue weighted by atomic mass is 9.84. The average molecular weight is 243 g/mol. The summed E-state index contributed by atoms with van der Waals surface area (Å²) in [5, 5.41) is 14.5. The number of amides is 1. The maximum Gasteiger partial charge on any atom is 0.233 e. The monoisotopic (exact) mass is 243 g/mol. The van der Waals surface area contributed by atoms with Crippen molar-refractivity contribution < 1.29 is 10.0 Å². The lowest BCUT2D eigenvalue weighted by Gasteiger charge is -2.29. The molecule has 0 bridgehead atoms. The van der Waals surface area contributed by atoms with E-state index in [1.807, 2.05) is 6.92 Å². The molecule has 5 nitrogen and oxygen atoms in total. The van der Waals surface area contributed by atoms with Gasteiger partial charge in [0.2, 0.25) is 5.91 Å². The molecule has 0 fully saturated rings. The molecule has 0 aromatic rings. The number of hydrogen-bond acceptors (Lipinski definition) is 3. The quantitative estimate of drug-likeness (QED) is 0.287. The summed E-state index contributed by atoms with van der Waals surface area (Å²) < 4.78 is 0. The first-order valence-electron chi connectivity index (χ1n) is 5.99. The molecule has 4 N–H and O–H groups in total. The van der Waals surface area contributed by atoms with Gasteiger partial charge in [-0.1, -0.05) is 32.9 Å². The van der Waals surface area contributed by atoms with Crippen molar-refractivity contribution in [2.45, 2.75) is 47.5 Å². The lowest BCUT2D eigenvalue weighted by molar-refractivity contribution is -0.127. The molecule has 1 unspecified atom stereocenters. The second kappa shape index (κ2) is 5.89. The highest BCUT2D eigenvalue weighted by molar-refractivity contribution is 6.06. The van der Waals surface area contributed by atoms with E-state index in [-0.39, 0.29) is 17.2 Å². The molecule has 0 heterocycles. The maximum absolute atomic E-state index is 12.1. The number of amidine groups is 1. The van der Waals surface area contributed by atoms with Crippen LogP contribution in [0, 0.1) is 10.8 Å². The molecular weight excluding hydrogens is 218 g/mol. The highest BCUT2D eigenvalue weighted by Gasteiger charge is 2.36. The Morgan fingerprint density at radius 1 is 1.29 bits per heavy atom. The number of rotatable bonds is 6. The number of carbonyl (C=O) groups excluding carboxylic acids is 1. The number of nitrogens with zero attached hydrogens (tertiary/aromatic N) is 1. The van der Waals surface area contributed by atoms with Gasteiger partial charge in [-0.05, 0) is 25.2 Å². The van der Waals surface area contributed by atoms with Crippen LogP contribution in [0.4, 0.5) is 0 Å². The van der Waals surface area contributed by atoms with Crippen LogP contribution >= 0.6 is 0 Å². The van der Waals surface area contributed by atoms with Crippen molar-refractivity contribution in [3.8, 4) is 0 Å². The minimum atomic E-state index is -0.946. The van der Waals surface area contributed by atoms with E-state index >= 15 is 0 Å². The normalized spacial score (nSPS) is 16.4. The summed E-state index contributed by atoms with van der Waals surface area (Å²) in [7, 11) is 0. The number of carbonyl (C=O) groups is 1. The number of nitrogens with two attached hydrogens (primary N) is 1. The van der Waals surface area contributed by atoms with E-state index in [1.165, 1.54) is 0 Å². The van der Waals surface area contributed by atoms with Gasteiger partial charge in [0.1, 0.15) is 5.41 Å². The third kappa shape index (κ3) is 3.91. The van der Waals surface area contributed by atoms with Gasteiger partial charge in [-0.3, -0.25) is 4.79 Å². The molecule has 0 spiro atoms. The standard InChI is InChI=1S/C12H25N3O2/c1-6-11(3,4)8-14-10(16)12(5,7-2)9(13)15-17/h17H,6-8H2,1-5H3,(H2,13,15)(H,14,16). The van der Waals surface area contributed by atoms with Crippen molar-refractivity contribution in [1.29, 1.82) is 0 Å². The first-order chi connectivity index (χ1) is 7.73. The van der Waals surface area contributed by atoms with Crippen molar-refractivity contribution in [2.24, 2.45) is 21.7 Å². The predicted octanol–water partition coefficient (Wildman–Crippen LogP) is 1.70. The zero-order valence-corrected chi connectivity index (χ0v) is 11.5. The smallest absolute Gasteiger partial charge is 0.233 e. The molecule has 0 aliphatic carbocycles. The van der Waals surface area contributed by atoms with Crippen LogP contribution in [0.15, 0.2) is 5.16 Å². The second-order valence-electron chi connectivity index (χ2n) is 5.37. The zero-order valence-electron chi connectivity index (χ0n) is 11.5. The van der Waals surface area contributed by atoms with Crippen LogP contribution in [0.25, 0.3) is 0 Å². The average Bonchev–Trinajstić information content (AvgIpc) is 2.33. The second-order valence-corrected chi connectivity index (χ2v) is 5.37. The summed E-state index contributed by atoms with van der Waals surface area (Å²) in [5.41, 5.74) is 4.68. The van der Waals surface area contributed by atoms with Gasteiger partial charge in [0, 0.05) is 6.54 Å². The minimum absolute atomic E-state index is 0.0493. The van der Waals surface area contributed by atoms with Crippen LogP contribution in [0.1, 0.15) is 47.5 Å². The summed E-state index contributed by atoms with van der Waals surface area (Å²) in [6.45, 7) is 10.3. The van der Waals surface area contributed by atoms with Crippen molar-refractivity contribution in [1.82, 2.24) is 5.32 Å². The molecule has 1 amide bonds. The Labute approximate surface area is 103 Å². The molecule has 5 heteroatoms. The highest BCUT2D eigenvalue weighted by atomic mass is 16.4. The summed E-state index contributed by atoms with van der Waals surface area (Å²) in [6, 6.07) is 0. The van der Waals surface area contributed by atoms with Crippen LogP contribution in [0.2, 0.25) is 0 Å². The van der Waals surface area contributed by atoms with E-state index in [2.05, 4.69) is 31.2 Å². The third-order valence-electron chi connectivity index (χ3n) is 3.57. The van der Waals surface area contributed by atoms with E-state index in [0.717, 1.165) is 6.42 Å².